The highest BCUT2D eigenvalue weighted by Gasteiger charge is 2.11. The van der Waals surface area contributed by atoms with E-state index in [1.165, 1.54) is 6.07 Å². The number of nitrogens with one attached hydrogen (secondary N) is 1. The van der Waals surface area contributed by atoms with Crippen molar-refractivity contribution >= 4 is 22.4 Å². The van der Waals surface area contributed by atoms with Crippen molar-refractivity contribution in [1.82, 2.24) is 5.32 Å². The first kappa shape index (κ1) is 17.5. The highest BCUT2D eigenvalue weighted by Crippen LogP contribution is 2.22. The average molecular weight is 349 g/mol. The Hall–Kier alpha value is -3.34. The molecule has 0 fully saturated rings. The fourth-order valence-electron chi connectivity index (χ4n) is 2.67. The number of carbonyl (C=O) groups is 1. The number of carbonyl (C=O) groups excluding carboxylic acids is 1. The summed E-state index contributed by atoms with van der Waals surface area (Å²) in [6.07, 6.45) is 0. The van der Waals surface area contributed by atoms with E-state index in [2.05, 4.69) is 11.9 Å². The van der Waals surface area contributed by atoms with Crippen LogP contribution in [-0.4, -0.2) is 13.0 Å². The van der Waals surface area contributed by atoms with Gasteiger partial charge >= 0.3 is 5.63 Å². The van der Waals surface area contributed by atoms with Crippen molar-refractivity contribution in [1.29, 1.82) is 0 Å². The second-order valence-electron chi connectivity index (χ2n) is 5.97. The molecule has 3 rings (SSSR count). The lowest BCUT2D eigenvalue weighted by molar-refractivity contribution is -0.115. The number of hydrogen-bond acceptors (Lipinski definition) is 4. The third-order valence-corrected chi connectivity index (χ3v) is 4.18. The molecule has 132 valence electrons. The number of hydrogen-bond donors (Lipinski definition) is 1. The van der Waals surface area contributed by atoms with Gasteiger partial charge in [0.2, 0.25) is 0 Å². The molecule has 5 nitrogen and oxygen atoms in total. The molecule has 0 saturated carbocycles. The number of aryl methyl sites for hydroxylation is 1. The second kappa shape index (κ2) is 7.27. The molecule has 0 aliphatic carbocycles. The van der Waals surface area contributed by atoms with E-state index in [1.807, 2.05) is 37.3 Å². The average Bonchev–Trinajstić information content (AvgIpc) is 2.65. The Morgan fingerprint density at radius 2 is 1.88 bits per heavy atom. The van der Waals surface area contributed by atoms with Crippen molar-refractivity contribution in [3.63, 3.8) is 0 Å². The van der Waals surface area contributed by atoms with Gasteiger partial charge in [0.15, 0.2) is 0 Å². The van der Waals surface area contributed by atoms with E-state index in [9.17, 15) is 9.59 Å². The number of amides is 1. The summed E-state index contributed by atoms with van der Waals surface area (Å²) in [6, 6.07) is 14.1. The monoisotopic (exact) mass is 349 g/mol. The summed E-state index contributed by atoms with van der Waals surface area (Å²) in [5, 5.41) is 3.64. The van der Waals surface area contributed by atoms with Gasteiger partial charge in [-0.1, -0.05) is 24.8 Å². The van der Waals surface area contributed by atoms with Crippen LogP contribution in [0.1, 0.15) is 16.7 Å². The minimum absolute atomic E-state index is 0.254. The lowest BCUT2D eigenvalue weighted by Crippen LogP contribution is -2.23. The van der Waals surface area contributed by atoms with E-state index in [-0.39, 0.29) is 11.5 Å². The standard InChI is InChI=1S/C21H19NO4/c1-13-10-20(23)26-19-9-6-16(11-18(13)19)14(2)21(24)22-12-15-4-7-17(25-3)8-5-15/h4-11H,2,12H2,1,3H3,(H,22,24). The van der Waals surface area contributed by atoms with E-state index in [4.69, 9.17) is 9.15 Å². The Balaban J connectivity index is 1.74. The maximum atomic E-state index is 12.4. The first-order valence-electron chi connectivity index (χ1n) is 8.13. The van der Waals surface area contributed by atoms with Crippen LogP contribution >= 0.6 is 0 Å². The van der Waals surface area contributed by atoms with Crippen molar-refractivity contribution < 1.29 is 13.9 Å². The van der Waals surface area contributed by atoms with E-state index in [0.29, 0.717) is 23.3 Å². The van der Waals surface area contributed by atoms with Crippen LogP contribution in [0.2, 0.25) is 0 Å². The molecule has 0 saturated heterocycles. The number of methoxy groups -OCH3 is 1. The minimum atomic E-state index is -0.390. The molecule has 0 aliphatic heterocycles. The van der Waals surface area contributed by atoms with Crippen molar-refractivity contribution in [3.05, 3.63) is 82.2 Å². The summed E-state index contributed by atoms with van der Waals surface area (Å²) in [6.45, 7) is 6.12. The van der Waals surface area contributed by atoms with E-state index >= 15 is 0 Å². The summed E-state index contributed by atoms with van der Waals surface area (Å²) in [5.41, 5.74) is 2.89. The van der Waals surface area contributed by atoms with Gasteiger partial charge in [-0.05, 0) is 47.9 Å². The normalized spacial score (nSPS) is 10.5. The van der Waals surface area contributed by atoms with Gasteiger partial charge in [-0.2, -0.15) is 0 Å². The SMILES string of the molecule is C=C(C(=O)NCc1ccc(OC)cc1)c1ccc2oc(=O)cc(C)c2c1. The molecule has 0 unspecified atom stereocenters. The van der Waals surface area contributed by atoms with Crippen molar-refractivity contribution in [2.75, 3.05) is 7.11 Å². The summed E-state index contributed by atoms with van der Waals surface area (Å²) < 4.78 is 10.3. The van der Waals surface area contributed by atoms with Crippen LogP contribution in [0.25, 0.3) is 16.5 Å². The lowest BCUT2D eigenvalue weighted by atomic mass is 10.0. The Kier molecular flexibility index (Phi) is 4.89. The fourth-order valence-corrected chi connectivity index (χ4v) is 2.67. The third kappa shape index (κ3) is 3.67. The molecule has 1 amide bonds. The van der Waals surface area contributed by atoms with E-state index in [0.717, 1.165) is 22.3 Å². The summed E-state index contributed by atoms with van der Waals surface area (Å²) in [5.74, 6) is 0.512. The summed E-state index contributed by atoms with van der Waals surface area (Å²) >= 11 is 0. The van der Waals surface area contributed by atoms with E-state index in [1.54, 1.807) is 19.2 Å². The predicted octanol–water partition coefficient (Wildman–Crippen LogP) is 3.44. The molecular formula is C21H19NO4. The zero-order chi connectivity index (χ0) is 18.7. The molecule has 1 N–H and O–H groups in total. The van der Waals surface area contributed by atoms with Gasteiger partial charge in [-0.25, -0.2) is 4.79 Å². The van der Waals surface area contributed by atoms with Gasteiger partial charge in [0.1, 0.15) is 11.3 Å². The van der Waals surface area contributed by atoms with Crippen molar-refractivity contribution in [2.24, 2.45) is 0 Å². The number of ether oxygens (including phenoxy) is 1. The molecule has 5 heteroatoms. The summed E-state index contributed by atoms with van der Waals surface area (Å²) in [4.78, 5) is 23.8. The Morgan fingerprint density at radius 3 is 2.58 bits per heavy atom. The predicted molar refractivity (Wildman–Crippen MR) is 101 cm³/mol. The highest BCUT2D eigenvalue weighted by atomic mass is 16.5. The quantitative estimate of drug-likeness (QED) is 0.566. The Morgan fingerprint density at radius 1 is 1.15 bits per heavy atom. The number of benzene rings is 2. The van der Waals surface area contributed by atoms with Crippen LogP contribution in [-0.2, 0) is 11.3 Å². The van der Waals surface area contributed by atoms with Gasteiger partial charge < -0.3 is 14.5 Å². The van der Waals surface area contributed by atoms with Crippen LogP contribution < -0.4 is 15.7 Å². The van der Waals surface area contributed by atoms with Gasteiger partial charge in [-0.15, -0.1) is 0 Å². The van der Waals surface area contributed by atoms with Gasteiger partial charge in [0.05, 0.1) is 7.11 Å². The molecule has 0 bridgehead atoms. The zero-order valence-corrected chi connectivity index (χ0v) is 14.7. The molecule has 0 atom stereocenters. The minimum Gasteiger partial charge on any atom is -0.497 e. The zero-order valence-electron chi connectivity index (χ0n) is 14.7. The van der Waals surface area contributed by atoms with Crippen LogP contribution in [0.15, 0.2) is 64.3 Å². The van der Waals surface area contributed by atoms with Crippen molar-refractivity contribution in [3.8, 4) is 5.75 Å². The third-order valence-electron chi connectivity index (χ3n) is 4.18. The van der Waals surface area contributed by atoms with E-state index < -0.39 is 0 Å². The fraction of sp³-hybridized carbons (Fsp3) is 0.143. The molecular weight excluding hydrogens is 330 g/mol. The van der Waals surface area contributed by atoms with Gasteiger partial charge in [0.25, 0.3) is 5.91 Å². The Labute approximate surface area is 150 Å². The topological polar surface area (TPSA) is 68.5 Å². The highest BCUT2D eigenvalue weighted by molar-refractivity contribution is 6.19. The lowest BCUT2D eigenvalue weighted by Gasteiger charge is -2.10. The van der Waals surface area contributed by atoms with Crippen LogP contribution in [0.3, 0.4) is 0 Å². The molecule has 3 aromatic rings. The smallest absolute Gasteiger partial charge is 0.336 e. The van der Waals surface area contributed by atoms with Crippen LogP contribution in [0.4, 0.5) is 0 Å². The number of rotatable bonds is 5. The number of fused-ring (bicyclic) bond motifs is 1. The van der Waals surface area contributed by atoms with Gasteiger partial charge in [-0.3, -0.25) is 4.79 Å². The molecule has 2 aromatic carbocycles. The molecule has 1 heterocycles. The molecule has 0 radical (unpaired) electrons. The second-order valence-corrected chi connectivity index (χ2v) is 5.97. The first-order valence-corrected chi connectivity index (χ1v) is 8.13. The van der Waals surface area contributed by atoms with Crippen LogP contribution in [0, 0.1) is 6.92 Å². The maximum absolute atomic E-state index is 12.4. The first-order chi connectivity index (χ1) is 12.5. The van der Waals surface area contributed by atoms with Crippen molar-refractivity contribution in [2.45, 2.75) is 13.5 Å². The maximum Gasteiger partial charge on any atom is 0.336 e. The Bertz CT molecular complexity index is 1030. The van der Waals surface area contributed by atoms with Gasteiger partial charge in [0, 0.05) is 23.6 Å². The molecule has 26 heavy (non-hydrogen) atoms. The molecule has 0 spiro atoms. The largest absolute Gasteiger partial charge is 0.497 e. The summed E-state index contributed by atoms with van der Waals surface area (Å²) in [7, 11) is 1.61. The molecule has 1 aromatic heterocycles. The van der Waals surface area contributed by atoms with Crippen LogP contribution in [0.5, 0.6) is 5.75 Å². The molecule has 0 aliphatic rings.